The summed E-state index contributed by atoms with van der Waals surface area (Å²) in [5.74, 6) is 2.70. The Balaban J connectivity index is 2.83. The Bertz CT molecular complexity index is 453. The Labute approximate surface area is 124 Å². The van der Waals surface area contributed by atoms with Crippen molar-refractivity contribution in [3.63, 3.8) is 0 Å². The molecule has 0 heterocycles. The van der Waals surface area contributed by atoms with Crippen molar-refractivity contribution in [2.24, 2.45) is 0 Å². The van der Waals surface area contributed by atoms with Crippen LogP contribution < -0.4 is 5.06 Å². The molecule has 0 unspecified atom stereocenters. The van der Waals surface area contributed by atoms with E-state index in [-0.39, 0.29) is 13.2 Å². The summed E-state index contributed by atoms with van der Waals surface area (Å²) in [6.07, 6.45) is -0.588. The molecule has 0 atom stereocenters. The van der Waals surface area contributed by atoms with Gasteiger partial charge in [0, 0.05) is 27.6 Å². The summed E-state index contributed by atoms with van der Waals surface area (Å²) >= 11 is 7.68. The minimum Gasteiger partial charge on any atom is -0.448 e. The third-order valence-electron chi connectivity index (χ3n) is 1.83. The van der Waals surface area contributed by atoms with Crippen LogP contribution in [0.15, 0.2) is 24.3 Å². The van der Waals surface area contributed by atoms with E-state index >= 15 is 0 Å². The van der Waals surface area contributed by atoms with Crippen molar-refractivity contribution in [1.29, 1.82) is 0 Å². The van der Waals surface area contributed by atoms with Crippen LogP contribution in [0.3, 0.4) is 0 Å². The number of hydroxylamine groups is 1. The third kappa shape index (κ3) is 4.72. The van der Waals surface area contributed by atoms with Gasteiger partial charge in [-0.15, -0.1) is 0 Å². The molecule has 0 saturated heterocycles. The highest BCUT2D eigenvalue weighted by atomic mass is 127. The first kappa shape index (κ1) is 15.1. The predicted octanol–water partition coefficient (Wildman–Crippen LogP) is 3.63. The predicted molar refractivity (Wildman–Crippen MR) is 78.7 cm³/mol. The van der Waals surface area contributed by atoms with Crippen LogP contribution in [0.1, 0.15) is 6.92 Å². The standard InChI is InChI=1S/C12H11ClINO3/c1-2-17-12(16)15(18-9-3-8-14)11-6-4-10(13)5-7-11/h4-7H,2,9H2,1H3. The molecule has 4 nitrogen and oxygen atoms in total. The summed E-state index contributed by atoms with van der Waals surface area (Å²) in [7, 11) is 0. The number of amides is 1. The van der Waals surface area contributed by atoms with Gasteiger partial charge in [-0.1, -0.05) is 17.5 Å². The van der Waals surface area contributed by atoms with Gasteiger partial charge in [0.15, 0.2) is 0 Å². The highest BCUT2D eigenvalue weighted by Crippen LogP contribution is 2.19. The van der Waals surface area contributed by atoms with Crippen LogP contribution in [0.4, 0.5) is 10.5 Å². The maximum atomic E-state index is 11.7. The first-order valence-corrected chi connectivity index (χ1v) is 6.58. The molecule has 0 aliphatic rings. The summed E-state index contributed by atoms with van der Waals surface area (Å²) in [6, 6.07) is 6.65. The number of hydrogen-bond donors (Lipinski definition) is 0. The molecule has 0 saturated carbocycles. The van der Waals surface area contributed by atoms with E-state index in [4.69, 9.17) is 21.2 Å². The second-order valence-corrected chi connectivity index (χ2v) is 3.99. The van der Waals surface area contributed by atoms with Crippen molar-refractivity contribution in [3.05, 3.63) is 29.3 Å². The van der Waals surface area contributed by atoms with E-state index in [1.165, 1.54) is 0 Å². The number of benzene rings is 1. The van der Waals surface area contributed by atoms with Crippen LogP contribution in [-0.2, 0) is 9.57 Å². The summed E-state index contributed by atoms with van der Waals surface area (Å²) in [4.78, 5) is 17.0. The van der Waals surface area contributed by atoms with Crippen molar-refractivity contribution in [1.82, 2.24) is 0 Å². The highest BCUT2D eigenvalue weighted by Gasteiger charge is 2.17. The average molecular weight is 380 g/mol. The van der Waals surface area contributed by atoms with Crippen molar-refractivity contribution in [2.75, 3.05) is 18.3 Å². The maximum absolute atomic E-state index is 11.7. The molecule has 0 N–H and O–H groups in total. The highest BCUT2D eigenvalue weighted by molar-refractivity contribution is 14.1. The molecule has 0 spiro atoms. The minimum atomic E-state index is -0.588. The molecule has 1 aromatic carbocycles. The van der Waals surface area contributed by atoms with Gasteiger partial charge >= 0.3 is 6.09 Å². The van der Waals surface area contributed by atoms with Crippen molar-refractivity contribution >= 4 is 46.0 Å². The van der Waals surface area contributed by atoms with E-state index in [9.17, 15) is 4.79 Å². The molecule has 0 radical (unpaired) electrons. The molecule has 0 aliphatic carbocycles. The van der Waals surface area contributed by atoms with E-state index < -0.39 is 6.09 Å². The van der Waals surface area contributed by atoms with Gasteiger partial charge in [-0.2, -0.15) is 5.06 Å². The Hall–Kier alpha value is -0.970. The smallest absolute Gasteiger partial charge is 0.438 e. The molecular formula is C12H11ClINO3. The summed E-state index contributed by atoms with van der Waals surface area (Å²) in [5, 5.41) is 1.63. The largest absolute Gasteiger partial charge is 0.448 e. The number of hydrogen-bond acceptors (Lipinski definition) is 3. The quantitative estimate of drug-likeness (QED) is 0.455. The second kappa shape index (κ2) is 8.19. The summed E-state index contributed by atoms with van der Waals surface area (Å²) in [5.41, 5.74) is 0.535. The molecule has 0 aromatic heterocycles. The maximum Gasteiger partial charge on any atom is 0.438 e. The van der Waals surface area contributed by atoms with E-state index in [1.54, 1.807) is 31.2 Å². The fourth-order valence-corrected chi connectivity index (χ4v) is 1.40. The molecule has 96 valence electrons. The van der Waals surface area contributed by atoms with Gasteiger partial charge in [-0.05, 0) is 35.1 Å². The Kier molecular flexibility index (Phi) is 6.86. The number of carbonyl (C=O) groups is 1. The van der Waals surface area contributed by atoms with E-state index in [0.29, 0.717) is 10.7 Å². The monoisotopic (exact) mass is 379 g/mol. The van der Waals surface area contributed by atoms with Crippen molar-refractivity contribution < 1.29 is 14.4 Å². The zero-order chi connectivity index (χ0) is 13.4. The van der Waals surface area contributed by atoms with Crippen molar-refractivity contribution in [2.45, 2.75) is 6.92 Å². The van der Waals surface area contributed by atoms with Crippen LogP contribution in [0, 0.1) is 9.85 Å². The van der Waals surface area contributed by atoms with Gasteiger partial charge in [-0.25, -0.2) is 4.79 Å². The number of anilines is 1. The first-order chi connectivity index (χ1) is 8.69. The molecule has 18 heavy (non-hydrogen) atoms. The molecule has 1 rings (SSSR count). The van der Waals surface area contributed by atoms with Gasteiger partial charge in [0.2, 0.25) is 0 Å². The molecule has 0 fully saturated rings. The molecule has 0 bridgehead atoms. The fourth-order valence-electron chi connectivity index (χ4n) is 1.12. The molecule has 1 aromatic rings. The SMILES string of the molecule is CCOC(=O)N(OCC#CI)c1ccc(Cl)cc1. The van der Waals surface area contributed by atoms with Gasteiger partial charge in [0.1, 0.15) is 6.61 Å². The minimum absolute atomic E-state index is 0.102. The molecule has 0 aliphatic heterocycles. The van der Waals surface area contributed by atoms with E-state index in [0.717, 1.165) is 5.06 Å². The topological polar surface area (TPSA) is 38.8 Å². The average Bonchev–Trinajstić information content (AvgIpc) is 2.36. The lowest BCUT2D eigenvalue weighted by atomic mass is 10.3. The first-order valence-electron chi connectivity index (χ1n) is 5.13. The normalized spacial score (nSPS) is 9.28. The van der Waals surface area contributed by atoms with Gasteiger partial charge < -0.3 is 4.74 Å². The Morgan fingerprint density at radius 2 is 2.11 bits per heavy atom. The van der Waals surface area contributed by atoms with Crippen LogP contribution >= 0.6 is 34.2 Å². The third-order valence-corrected chi connectivity index (χ3v) is 2.46. The van der Waals surface area contributed by atoms with Crippen molar-refractivity contribution in [3.8, 4) is 9.85 Å². The van der Waals surface area contributed by atoms with Gasteiger partial charge in [0.25, 0.3) is 0 Å². The zero-order valence-electron chi connectivity index (χ0n) is 9.65. The molecule has 1 amide bonds. The fraction of sp³-hybridized carbons (Fsp3) is 0.250. The molecule has 6 heteroatoms. The van der Waals surface area contributed by atoms with Crippen LogP contribution in [0.5, 0.6) is 0 Å². The lowest BCUT2D eigenvalue weighted by molar-refractivity contribution is 0.0920. The van der Waals surface area contributed by atoms with Crippen LogP contribution in [0.25, 0.3) is 0 Å². The zero-order valence-corrected chi connectivity index (χ0v) is 12.6. The number of nitrogens with zero attached hydrogens (tertiary/aromatic N) is 1. The number of rotatable bonds is 4. The Morgan fingerprint density at radius 3 is 2.67 bits per heavy atom. The summed E-state index contributed by atoms with van der Waals surface area (Å²) < 4.78 is 7.55. The Morgan fingerprint density at radius 1 is 1.44 bits per heavy atom. The van der Waals surface area contributed by atoms with Crippen LogP contribution in [-0.4, -0.2) is 19.3 Å². The molecular weight excluding hydrogens is 368 g/mol. The number of carbonyl (C=O) groups excluding carboxylic acids is 1. The lowest BCUT2D eigenvalue weighted by Crippen LogP contribution is -2.31. The van der Waals surface area contributed by atoms with Gasteiger partial charge in [0.05, 0.1) is 12.3 Å². The number of ether oxygens (including phenoxy) is 1. The van der Waals surface area contributed by atoms with Crippen LogP contribution in [0.2, 0.25) is 5.02 Å². The van der Waals surface area contributed by atoms with E-state index in [1.807, 2.05) is 22.6 Å². The van der Waals surface area contributed by atoms with Gasteiger partial charge in [-0.3, -0.25) is 4.84 Å². The number of halogens is 2. The second-order valence-electron chi connectivity index (χ2n) is 3.01. The summed E-state index contributed by atoms with van der Waals surface area (Å²) in [6.45, 7) is 2.09. The van der Waals surface area contributed by atoms with E-state index in [2.05, 4.69) is 9.85 Å². The lowest BCUT2D eigenvalue weighted by Gasteiger charge is -2.19.